The van der Waals surface area contributed by atoms with E-state index in [4.69, 9.17) is 4.74 Å². The average molecular weight is 667 g/mol. The minimum absolute atomic E-state index is 0.0626. The number of ether oxygens (including phenoxy) is 1. The number of carbonyl (C=O) groups excluding carboxylic acids is 2. The highest BCUT2D eigenvalue weighted by Crippen LogP contribution is 2.30. The molecule has 5 heterocycles. The van der Waals surface area contributed by atoms with Crippen LogP contribution in [0.15, 0.2) is 53.5 Å². The molecule has 6 rings (SSSR count). The van der Waals surface area contributed by atoms with Crippen LogP contribution < -0.4 is 15.8 Å². The average Bonchev–Trinajstić information content (AvgIpc) is 3.52. The first-order chi connectivity index (χ1) is 23.0. The summed E-state index contributed by atoms with van der Waals surface area (Å²) in [5.41, 5.74) is 0.421. The Morgan fingerprint density at radius 3 is 2.56 bits per heavy atom. The number of anilines is 2. The molecule has 0 spiro atoms. The Hall–Kier alpha value is -5.25. The van der Waals surface area contributed by atoms with Gasteiger partial charge in [-0.05, 0) is 61.7 Å². The third-order valence-electron chi connectivity index (χ3n) is 8.40. The van der Waals surface area contributed by atoms with Crippen molar-refractivity contribution in [2.75, 3.05) is 43.1 Å². The number of benzene rings is 1. The number of rotatable bonds is 7. The maximum Gasteiger partial charge on any atom is 0.416 e. The summed E-state index contributed by atoms with van der Waals surface area (Å²) in [6.45, 7) is 4.93. The fraction of sp³-hybridized carbons (Fsp3) is 0.375. The van der Waals surface area contributed by atoms with Crippen LogP contribution in [0.4, 0.5) is 24.5 Å². The van der Waals surface area contributed by atoms with Crippen LogP contribution in [-0.4, -0.2) is 84.9 Å². The molecule has 13 nitrogen and oxygen atoms in total. The van der Waals surface area contributed by atoms with Gasteiger partial charge in [0.05, 0.1) is 24.5 Å². The molecule has 0 radical (unpaired) electrons. The molecule has 0 saturated carbocycles. The van der Waals surface area contributed by atoms with Gasteiger partial charge in [-0.3, -0.25) is 14.4 Å². The maximum atomic E-state index is 14.2. The number of hydrogen-bond acceptors (Lipinski definition) is 9. The molecule has 2 N–H and O–H groups in total. The number of alkyl halides is 3. The first-order valence-corrected chi connectivity index (χ1v) is 15.4. The number of amides is 2. The number of nitrogens with zero attached hydrogens (tertiary/aromatic N) is 7. The first-order valence-electron chi connectivity index (χ1n) is 15.4. The second-order valence-electron chi connectivity index (χ2n) is 11.5. The quantitative estimate of drug-likeness (QED) is 0.303. The molecule has 0 bridgehead atoms. The lowest BCUT2D eigenvalue weighted by atomic mass is 10.1. The van der Waals surface area contributed by atoms with E-state index in [2.05, 4.69) is 20.4 Å². The Labute approximate surface area is 272 Å². The number of pyridine rings is 1. The van der Waals surface area contributed by atoms with Crippen LogP contribution in [0.25, 0.3) is 11.4 Å². The second-order valence-corrected chi connectivity index (χ2v) is 11.5. The molecule has 1 fully saturated rings. The van der Waals surface area contributed by atoms with Gasteiger partial charge in [-0.2, -0.15) is 22.7 Å². The Balaban J connectivity index is 1.36. The van der Waals surface area contributed by atoms with E-state index in [-0.39, 0.29) is 55.1 Å². The van der Waals surface area contributed by atoms with E-state index in [1.54, 1.807) is 9.47 Å². The van der Waals surface area contributed by atoms with Crippen molar-refractivity contribution in [3.63, 3.8) is 0 Å². The second kappa shape index (κ2) is 13.1. The lowest BCUT2D eigenvalue weighted by Gasteiger charge is -2.41. The fourth-order valence-corrected chi connectivity index (χ4v) is 6.04. The van der Waals surface area contributed by atoms with Gasteiger partial charge in [0, 0.05) is 37.6 Å². The van der Waals surface area contributed by atoms with E-state index in [0.29, 0.717) is 43.3 Å². The molecule has 2 amide bonds. The van der Waals surface area contributed by atoms with E-state index in [9.17, 15) is 32.7 Å². The zero-order valence-electron chi connectivity index (χ0n) is 26.2. The molecule has 2 aliphatic rings. The lowest BCUT2D eigenvalue weighted by Crippen LogP contribution is -2.55. The van der Waals surface area contributed by atoms with Crippen molar-refractivity contribution in [1.29, 1.82) is 0 Å². The monoisotopic (exact) mass is 666 g/mol. The molecule has 16 heteroatoms. The fourth-order valence-electron chi connectivity index (χ4n) is 6.04. The Morgan fingerprint density at radius 2 is 1.92 bits per heavy atom. The minimum Gasteiger partial charge on any atom is -0.505 e. The number of piperazine rings is 1. The van der Waals surface area contributed by atoms with Gasteiger partial charge in [-0.25, -0.2) is 4.98 Å². The molecule has 4 aromatic rings. The Kier molecular flexibility index (Phi) is 8.92. The Morgan fingerprint density at radius 1 is 1.15 bits per heavy atom. The van der Waals surface area contributed by atoms with E-state index >= 15 is 0 Å². The summed E-state index contributed by atoms with van der Waals surface area (Å²) >= 11 is 0. The SMILES string of the molecule is CCc1c(N2CCN(C(=O)c3ncccc3O)[C@H](C)C2)c(=O)n2nc(C3=CCOCC3)nc2n1CC(=O)Nc1ccc(C(F)(F)F)cc1. The first kappa shape index (κ1) is 32.7. The molecule has 0 unspecified atom stereocenters. The summed E-state index contributed by atoms with van der Waals surface area (Å²) < 4.78 is 47.4. The molecule has 1 aromatic carbocycles. The number of carbonyl (C=O) groups is 2. The summed E-state index contributed by atoms with van der Waals surface area (Å²) in [7, 11) is 0. The van der Waals surface area contributed by atoms with Crippen LogP contribution in [0.2, 0.25) is 0 Å². The number of nitrogens with one attached hydrogen (secondary N) is 1. The van der Waals surface area contributed by atoms with Gasteiger partial charge in [0.1, 0.15) is 18.0 Å². The largest absolute Gasteiger partial charge is 0.505 e. The number of aromatic nitrogens is 5. The third kappa shape index (κ3) is 6.34. The van der Waals surface area contributed by atoms with Crippen LogP contribution in [0.3, 0.4) is 0 Å². The van der Waals surface area contributed by atoms with Crippen molar-refractivity contribution < 1.29 is 32.6 Å². The Bertz CT molecular complexity index is 1950. The zero-order valence-corrected chi connectivity index (χ0v) is 26.2. The highest BCUT2D eigenvalue weighted by atomic mass is 19.4. The van der Waals surface area contributed by atoms with Crippen molar-refractivity contribution in [3.05, 3.63) is 81.8 Å². The predicted molar refractivity (Wildman–Crippen MR) is 169 cm³/mol. The topological polar surface area (TPSA) is 147 Å². The van der Waals surface area contributed by atoms with Gasteiger partial charge in [-0.15, -0.1) is 5.10 Å². The predicted octanol–water partition coefficient (Wildman–Crippen LogP) is 3.37. The number of aromatic hydroxyl groups is 1. The van der Waals surface area contributed by atoms with Crippen LogP contribution >= 0.6 is 0 Å². The third-order valence-corrected chi connectivity index (χ3v) is 8.40. The van der Waals surface area contributed by atoms with Crippen molar-refractivity contribution >= 4 is 34.5 Å². The van der Waals surface area contributed by atoms with Crippen LogP contribution in [-0.2, 0) is 28.7 Å². The van der Waals surface area contributed by atoms with Gasteiger partial charge in [-0.1, -0.05) is 13.0 Å². The van der Waals surface area contributed by atoms with E-state index in [1.165, 1.54) is 35.0 Å². The zero-order chi connectivity index (χ0) is 34.2. The summed E-state index contributed by atoms with van der Waals surface area (Å²) in [6, 6.07) is 6.65. The van der Waals surface area contributed by atoms with Gasteiger partial charge in [0.15, 0.2) is 11.5 Å². The van der Waals surface area contributed by atoms with E-state index < -0.39 is 29.1 Å². The number of hydrogen-bond donors (Lipinski definition) is 2. The molecule has 0 aliphatic carbocycles. The van der Waals surface area contributed by atoms with Gasteiger partial charge in [0.2, 0.25) is 11.7 Å². The highest BCUT2D eigenvalue weighted by molar-refractivity contribution is 5.95. The summed E-state index contributed by atoms with van der Waals surface area (Å²) in [4.78, 5) is 53.0. The van der Waals surface area contributed by atoms with Gasteiger partial charge < -0.3 is 29.5 Å². The highest BCUT2D eigenvalue weighted by Gasteiger charge is 2.34. The summed E-state index contributed by atoms with van der Waals surface area (Å²) in [6.07, 6.45) is -0.397. The van der Waals surface area contributed by atoms with E-state index in [1.807, 2.05) is 24.8 Å². The maximum absolute atomic E-state index is 14.2. The molecule has 48 heavy (non-hydrogen) atoms. The minimum atomic E-state index is -4.52. The van der Waals surface area contributed by atoms with Crippen LogP contribution in [0.5, 0.6) is 5.75 Å². The summed E-state index contributed by atoms with van der Waals surface area (Å²) in [5, 5.41) is 17.4. The smallest absolute Gasteiger partial charge is 0.416 e. The molecule has 1 saturated heterocycles. The number of halogens is 3. The molecule has 1 atom stereocenters. The van der Waals surface area contributed by atoms with Gasteiger partial charge in [0.25, 0.3) is 11.5 Å². The van der Waals surface area contributed by atoms with Gasteiger partial charge >= 0.3 is 6.18 Å². The molecule has 252 valence electrons. The van der Waals surface area contributed by atoms with Crippen LogP contribution in [0, 0.1) is 0 Å². The molecular formula is C32H33F3N8O5. The number of fused-ring (bicyclic) bond motifs is 1. The van der Waals surface area contributed by atoms with Crippen molar-refractivity contribution in [2.24, 2.45) is 0 Å². The van der Waals surface area contributed by atoms with Crippen LogP contribution in [0.1, 0.15) is 47.8 Å². The molecule has 3 aromatic heterocycles. The van der Waals surface area contributed by atoms with Crippen molar-refractivity contribution in [3.8, 4) is 5.75 Å². The molecular weight excluding hydrogens is 633 g/mol. The van der Waals surface area contributed by atoms with E-state index in [0.717, 1.165) is 17.7 Å². The standard InChI is InChI=1S/C32H33F3N8O5/c1-3-23-27(40-13-14-41(19(2)17-40)29(46)26-24(44)5-4-12-36-26)30(47)43-31(38-28(39-43)20-10-15-48-16-11-20)42(23)18-25(45)37-22-8-6-21(7-9-22)32(33,34)35/h4-10,12,19,44H,3,11,13-18H2,1-2H3,(H,37,45)/t19-/m1/s1. The van der Waals surface area contributed by atoms with Crippen molar-refractivity contribution in [1.82, 2.24) is 29.0 Å². The van der Waals surface area contributed by atoms with Crippen molar-refractivity contribution in [2.45, 2.75) is 45.5 Å². The normalized spacial score (nSPS) is 17.0. The lowest BCUT2D eigenvalue weighted by molar-refractivity contribution is -0.137. The summed E-state index contributed by atoms with van der Waals surface area (Å²) in [5.74, 6) is -0.748. The molecule has 2 aliphatic heterocycles.